The minimum Gasteiger partial charge on any atom is -0.510 e. The van der Waals surface area contributed by atoms with Crippen molar-refractivity contribution in [2.45, 2.75) is 45.8 Å². The average molecular weight is 427 g/mol. The first-order chi connectivity index (χ1) is 14.3. The number of carbonyl (C=O) groups excluding carboxylic acids is 3. The number of phenolic OH excluding ortho intramolecular Hbond substituents is 1. The lowest BCUT2D eigenvalue weighted by Crippen LogP contribution is -2.61. The summed E-state index contributed by atoms with van der Waals surface area (Å²) in [5.74, 6) is -5.44. The highest BCUT2D eigenvalue weighted by atomic mass is 16.3. The second-order valence-corrected chi connectivity index (χ2v) is 9.16. The Morgan fingerprint density at radius 2 is 1.77 bits per heavy atom. The van der Waals surface area contributed by atoms with Crippen molar-refractivity contribution in [1.82, 2.24) is 0 Å². The molecule has 5 atom stereocenters. The van der Waals surface area contributed by atoms with Gasteiger partial charge in [-0.25, -0.2) is 0 Å². The van der Waals surface area contributed by atoms with E-state index in [1.54, 1.807) is 19.1 Å². The van der Waals surface area contributed by atoms with Gasteiger partial charge in [0.2, 0.25) is 0 Å². The summed E-state index contributed by atoms with van der Waals surface area (Å²) in [5, 5.41) is 44.0. The second-order valence-electron chi connectivity index (χ2n) is 9.16. The smallest absolute Gasteiger partial charge is 0.186 e. The Labute approximate surface area is 178 Å². The van der Waals surface area contributed by atoms with Gasteiger partial charge in [0.25, 0.3) is 0 Å². The van der Waals surface area contributed by atoms with Gasteiger partial charge in [0.1, 0.15) is 22.8 Å². The molecule has 164 valence electrons. The number of hydrogen-bond acceptors (Lipinski definition) is 8. The molecule has 1 aromatic carbocycles. The van der Waals surface area contributed by atoms with Crippen LogP contribution in [0.5, 0.6) is 5.75 Å². The summed E-state index contributed by atoms with van der Waals surface area (Å²) in [7, 11) is 0. The van der Waals surface area contributed by atoms with Crippen molar-refractivity contribution in [1.29, 1.82) is 0 Å². The third-order valence-electron chi connectivity index (χ3n) is 7.45. The van der Waals surface area contributed by atoms with Crippen LogP contribution in [0.15, 0.2) is 29.0 Å². The van der Waals surface area contributed by atoms with E-state index in [0.29, 0.717) is 5.56 Å². The zero-order valence-electron chi connectivity index (χ0n) is 17.7. The van der Waals surface area contributed by atoms with Crippen molar-refractivity contribution >= 4 is 23.1 Å². The summed E-state index contributed by atoms with van der Waals surface area (Å²) < 4.78 is 0. The molecule has 0 bridgehead atoms. The lowest BCUT2D eigenvalue weighted by molar-refractivity contribution is -0.139. The summed E-state index contributed by atoms with van der Waals surface area (Å²) in [4.78, 5) is 38.5. The predicted molar refractivity (Wildman–Crippen MR) is 110 cm³/mol. The molecule has 0 spiro atoms. The molecule has 4 rings (SSSR count). The standard InChI is InChI=1S/C23H25NO7/c1-8-5-6-10-14(17(8)26)18(27)15-11(23(10,4)31)7-12-16(24)19(28)13(9(2)25)20(29)22(12,3)21(15)30/h5-6,11-12,16,26-27,29,31H,7,24H2,1-4H3/t11?,12?,16-,22?,23?/m1/s1. The first-order valence-corrected chi connectivity index (χ1v) is 10.1. The van der Waals surface area contributed by atoms with E-state index >= 15 is 0 Å². The summed E-state index contributed by atoms with van der Waals surface area (Å²) in [6.45, 7) is 5.59. The molecular formula is C23H25NO7. The highest BCUT2D eigenvalue weighted by Gasteiger charge is 2.63. The molecule has 3 aliphatic carbocycles. The van der Waals surface area contributed by atoms with E-state index in [1.807, 2.05) is 0 Å². The summed E-state index contributed by atoms with van der Waals surface area (Å²) in [6.07, 6.45) is 0.00482. The Hall–Kier alpha value is -2.97. The van der Waals surface area contributed by atoms with Gasteiger partial charge in [-0.3, -0.25) is 14.4 Å². The van der Waals surface area contributed by atoms with E-state index in [1.165, 1.54) is 13.8 Å². The maximum atomic E-state index is 13.8. The van der Waals surface area contributed by atoms with Gasteiger partial charge < -0.3 is 26.2 Å². The quantitative estimate of drug-likeness (QED) is 0.424. The lowest BCUT2D eigenvalue weighted by Gasteiger charge is -2.52. The molecule has 8 nitrogen and oxygen atoms in total. The van der Waals surface area contributed by atoms with Crippen LogP contribution in [0.1, 0.15) is 43.9 Å². The van der Waals surface area contributed by atoms with Crippen molar-refractivity contribution in [2.24, 2.45) is 23.0 Å². The van der Waals surface area contributed by atoms with Crippen LogP contribution in [0.4, 0.5) is 0 Å². The van der Waals surface area contributed by atoms with E-state index < -0.39 is 63.3 Å². The summed E-state index contributed by atoms with van der Waals surface area (Å²) in [6, 6.07) is 1.93. The molecule has 1 fully saturated rings. The zero-order valence-corrected chi connectivity index (χ0v) is 17.7. The van der Waals surface area contributed by atoms with E-state index in [2.05, 4.69) is 0 Å². The molecule has 1 aromatic rings. The topological polar surface area (TPSA) is 158 Å². The molecule has 0 aromatic heterocycles. The molecule has 8 heteroatoms. The third-order valence-corrected chi connectivity index (χ3v) is 7.45. The van der Waals surface area contributed by atoms with E-state index in [9.17, 15) is 34.8 Å². The highest BCUT2D eigenvalue weighted by molar-refractivity contribution is 6.24. The number of aryl methyl sites for hydroxylation is 1. The van der Waals surface area contributed by atoms with Gasteiger partial charge in [0.05, 0.1) is 22.6 Å². The normalized spacial score (nSPS) is 35.0. The number of nitrogens with two attached hydrogens (primary N) is 1. The van der Waals surface area contributed by atoms with Gasteiger partial charge in [0, 0.05) is 17.4 Å². The molecule has 31 heavy (non-hydrogen) atoms. The van der Waals surface area contributed by atoms with Crippen molar-refractivity contribution in [3.8, 4) is 5.75 Å². The average Bonchev–Trinajstić information content (AvgIpc) is 2.68. The highest BCUT2D eigenvalue weighted by Crippen LogP contribution is 2.59. The van der Waals surface area contributed by atoms with Crippen LogP contribution in [0.25, 0.3) is 5.76 Å². The number of ketones is 3. The van der Waals surface area contributed by atoms with Crippen LogP contribution in [0, 0.1) is 24.2 Å². The van der Waals surface area contributed by atoms with Gasteiger partial charge in [0.15, 0.2) is 17.3 Å². The van der Waals surface area contributed by atoms with Crippen LogP contribution in [-0.4, -0.2) is 43.8 Å². The molecule has 0 radical (unpaired) electrons. The third kappa shape index (κ3) is 2.40. The number of hydrogen-bond donors (Lipinski definition) is 5. The fourth-order valence-electron chi connectivity index (χ4n) is 5.53. The molecule has 3 aliphatic rings. The maximum Gasteiger partial charge on any atom is 0.186 e. The molecule has 0 aliphatic heterocycles. The largest absolute Gasteiger partial charge is 0.510 e. The summed E-state index contributed by atoms with van der Waals surface area (Å²) in [5.41, 5.74) is 2.73. The van der Waals surface area contributed by atoms with Crippen LogP contribution >= 0.6 is 0 Å². The van der Waals surface area contributed by atoms with Crippen LogP contribution in [0.3, 0.4) is 0 Å². The van der Waals surface area contributed by atoms with Crippen molar-refractivity contribution in [3.63, 3.8) is 0 Å². The van der Waals surface area contributed by atoms with Gasteiger partial charge >= 0.3 is 0 Å². The van der Waals surface area contributed by atoms with Crippen molar-refractivity contribution in [3.05, 3.63) is 45.7 Å². The number of fused-ring (bicyclic) bond motifs is 3. The number of aliphatic hydroxyl groups is 3. The van der Waals surface area contributed by atoms with Gasteiger partial charge in [-0.1, -0.05) is 12.1 Å². The van der Waals surface area contributed by atoms with E-state index in [4.69, 9.17) is 5.73 Å². The van der Waals surface area contributed by atoms with Crippen LogP contribution in [0.2, 0.25) is 0 Å². The molecule has 0 saturated heterocycles. The Kier molecular flexibility index (Phi) is 4.30. The fourth-order valence-corrected chi connectivity index (χ4v) is 5.53. The van der Waals surface area contributed by atoms with Gasteiger partial charge in [-0.15, -0.1) is 0 Å². The number of phenols is 1. The van der Waals surface area contributed by atoms with Crippen molar-refractivity contribution < 1.29 is 34.8 Å². The number of rotatable bonds is 1. The number of aliphatic hydroxyl groups excluding tert-OH is 2. The molecule has 0 amide bonds. The van der Waals surface area contributed by atoms with Gasteiger partial charge in [-0.2, -0.15) is 0 Å². The minimum absolute atomic E-state index is 0.00482. The van der Waals surface area contributed by atoms with E-state index in [0.717, 1.165) is 6.92 Å². The second kappa shape index (κ2) is 6.27. The molecule has 1 saturated carbocycles. The first kappa shape index (κ1) is 21.3. The van der Waals surface area contributed by atoms with Crippen molar-refractivity contribution in [2.75, 3.05) is 0 Å². The molecule has 0 heterocycles. The first-order valence-electron chi connectivity index (χ1n) is 10.1. The number of allylic oxidation sites excluding steroid dienone is 1. The molecular weight excluding hydrogens is 402 g/mol. The SMILES string of the molecule is CC(=O)C1=C(O)C2(C)C(=O)C3=C(O)c4c(ccc(C)c4O)C(C)(O)C3CC2[C@@H](N)C1=O. The Bertz CT molecular complexity index is 1140. The Morgan fingerprint density at radius 1 is 1.16 bits per heavy atom. The Morgan fingerprint density at radius 3 is 2.35 bits per heavy atom. The number of benzene rings is 1. The zero-order chi connectivity index (χ0) is 23.2. The minimum atomic E-state index is -1.73. The molecule has 6 N–H and O–H groups in total. The maximum absolute atomic E-state index is 13.8. The number of carbonyl (C=O) groups is 3. The van der Waals surface area contributed by atoms with Gasteiger partial charge in [-0.05, 0) is 45.2 Å². The lowest BCUT2D eigenvalue weighted by atomic mass is 9.51. The fraction of sp³-hybridized carbons (Fsp3) is 0.435. The number of Topliss-reactive ketones (excluding diaryl/α,β-unsaturated/α-hetero) is 3. The molecule has 4 unspecified atom stereocenters. The number of aromatic hydroxyl groups is 1. The monoisotopic (exact) mass is 427 g/mol. The van der Waals surface area contributed by atoms with Crippen LogP contribution < -0.4 is 5.73 Å². The van der Waals surface area contributed by atoms with E-state index in [-0.39, 0.29) is 28.9 Å². The predicted octanol–water partition coefficient (Wildman–Crippen LogP) is 1.71. The Balaban J connectivity index is 2.05. The summed E-state index contributed by atoms with van der Waals surface area (Å²) >= 11 is 0. The van der Waals surface area contributed by atoms with Crippen LogP contribution in [-0.2, 0) is 20.0 Å².